The molecule has 0 aromatic carbocycles. The molecule has 0 aliphatic heterocycles. The molecular formula is C10H14N2O4. The van der Waals surface area contributed by atoms with Crippen LogP contribution in [0.15, 0.2) is 16.9 Å². The highest BCUT2D eigenvalue weighted by atomic mass is 16.4. The zero-order chi connectivity index (χ0) is 12.3. The van der Waals surface area contributed by atoms with E-state index in [-0.39, 0.29) is 12.3 Å². The molecule has 0 aliphatic carbocycles. The Bertz CT molecular complexity index is 384. The van der Waals surface area contributed by atoms with Gasteiger partial charge in [-0.2, -0.15) is 0 Å². The summed E-state index contributed by atoms with van der Waals surface area (Å²) in [7, 11) is 1.52. The maximum Gasteiger partial charge on any atom is 0.309 e. The van der Waals surface area contributed by atoms with Gasteiger partial charge < -0.3 is 14.4 Å². The van der Waals surface area contributed by atoms with Gasteiger partial charge in [0.1, 0.15) is 6.26 Å². The fourth-order valence-corrected chi connectivity index (χ4v) is 1.24. The van der Waals surface area contributed by atoms with Crippen LogP contribution in [0.1, 0.15) is 31.0 Å². The Morgan fingerprint density at radius 3 is 2.62 bits per heavy atom. The molecule has 6 nitrogen and oxygen atoms in total. The van der Waals surface area contributed by atoms with E-state index in [9.17, 15) is 9.59 Å². The number of aliphatic carboxylic acids is 1. The number of carbonyl (C=O) groups is 2. The number of rotatable bonds is 4. The monoisotopic (exact) mass is 226 g/mol. The molecule has 0 fully saturated rings. The summed E-state index contributed by atoms with van der Waals surface area (Å²) in [5, 5.41) is 8.73. The Labute approximate surface area is 92.9 Å². The van der Waals surface area contributed by atoms with Gasteiger partial charge in [0.05, 0.1) is 12.6 Å². The lowest BCUT2D eigenvalue weighted by Gasteiger charge is -2.33. The maximum absolute atomic E-state index is 11.8. The lowest BCUT2D eigenvalue weighted by atomic mass is 9.99. The first-order valence-electron chi connectivity index (χ1n) is 4.74. The number of carboxylic acid groups (broad SMARTS) is 1. The van der Waals surface area contributed by atoms with Crippen LogP contribution in [-0.4, -0.2) is 39.5 Å². The Morgan fingerprint density at radius 1 is 1.56 bits per heavy atom. The average Bonchev–Trinajstić information content (AvgIpc) is 2.66. The van der Waals surface area contributed by atoms with Gasteiger partial charge >= 0.3 is 11.9 Å². The number of amides is 1. The van der Waals surface area contributed by atoms with Crippen molar-refractivity contribution in [1.29, 1.82) is 0 Å². The van der Waals surface area contributed by atoms with Crippen molar-refractivity contribution in [3.05, 3.63) is 18.4 Å². The van der Waals surface area contributed by atoms with E-state index in [4.69, 9.17) is 9.52 Å². The summed E-state index contributed by atoms with van der Waals surface area (Å²) in [6, 6.07) is 0. The Kier molecular flexibility index (Phi) is 3.31. The lowest BCUT2D eigenvalue weighted by molar-refractivity contribution is -0.139. The van der Waals surface area contributed by atoms with Crippen molar-refractivity contribution in [3.63, 3.8) is 0 Å². The van der Waals surface area contributed by atoms with E-state index < -0.39 is 17.4 Å². The minimum atomic E-state index is -0.961. The third-order valence-electron chi connectivity index (χ3n) is 2.41. The molecule has 0 atom stereocenters. The molecule has 0 radical (unpaired) electrons. The van der Waals surface area contributed by atoms with Gasteiger partial charge in [-0.05, 0) is 13.8 Å². The fraction of sp³-hybridized carbons (Fsp3) is 0.500. The number of aromatic nitrogens is 1. The third kappa shape index (κ3) is 2.59. The Balaban J connectivity index is 2.81. The topological polar surface area (TPSA) is 83.6 Å². The highest BCUT2D eigenvalue weighted by molar-refractivity contribution is 5.90. The van der Waals surface area contributed by atoms with Crippen LogP contribution in [0, 0.1) is 0 Å². The van der Waals surface area contributed by atoms with E-state index in [1.807, 2.05) is 0 Å². The number of carboxylic acids is 1. The van der Waals surface area contributed by atoms with E-state index in [0.29, 0.717) is 0 Å². The first-order valence-corrected chi connectivity index (χ1v) is 4.74. The van der Waals surface area contributed by atoms with Crippen molar-refractivity contribution in [1.82, 2.24) is 9.88 Å². The van der Waals surface area contributed by atoms with Crippen molar-refractivity contribution < 1.29 is 19.1 Å². The van der Waals surface area contributed by atoms with Crippen LogP contribution in [0.3, 0.4) is 0 Å². The van der Waals surface area contributed by atoms with Gasteiger partial charge in [0.15, 0.2) is 0 Å². The van der Waals surface area contributed by atoms with Crippen LogP contribution in [0.25, 0.3) is 0 Å². The van der Waals surface area contributed by atoms with Gasteiger partial charge in [-0.1, -0.05) is 0 Å². The van der Waals surface area contributed by atoms with Crippen molar-refractivity contribution in [3.8, 4) is 0 Å². The number of hydrogen-bond donors (Lipinski definition) is 1. The molecule has 1 amide bonds. The standard InChI is InChI=1S/C10H14N2O4/c1-10(2,6-7(13)14)12(3)9(15)8-11-4-5-16-8/h4-5H,6H2,1-3H3,(H,13,14). The normalized spacial score (nSPS) is 11.2. The molecule has 1 heterocycles. The van der Waals surface area contributed by atoms with Gasteiger partial charge in [-0.25, -0.2) is 4.98 Å². The second-order valence-electron chi connectivity index (χ2n) is 4.08. The molecule has 1 aromatic heterocycles. The van der Waals surface area contributed by atoms with Gasteiger partial charge in [0.25, 0.3) is 5.89 Å². The summed E-state index contributed by atoms with van der Waals surface area (Å²) < 4.78 is 4.87. The van der Waals surface area contributed by atoms with Gasteiger partial charge in [-0.15, -0.1) is 0 Å². The predicted molar refractivity (Wildman–Crippen MR) is 54.9 cm³/mol. The number of oxazole rings is 1. The zero-order valence-corrected chi connectivity index (χ0v) is 9.43. The van der Waals surface area contributed by atoms with E-state index in [0.717, 1.165) is 0 Å². The fourth-order valence-electron chi connectivity index (χ4n) is 1.24. The Hall–Kier alpha value is -1.85. The average molecular weight is 226 g/mol. The summed E-state index contributed by atoms with van der Waals surface area (Å²) in [5.41, 5.74) is -0.794. The smallest absolute Gasteiger partial charge is 0.309 e. The van der Waals surface area contributed by atoms with Crippen molar-refractivity contribution in [2.75, 3.05) is 7.05 Å². The van der Waals surface area contributed by atoms with Crippen molar-refractivity contribution >= 4 is 11.9 Å². The van der Waals surface area contributed by atoms with Gasteiger partial charge in [0.2, 0.25) is 0 Å². The molecule has 1 rings (SSSR count). The second-order valence-corrected chi connectivity index (χ2v) is 4.08. The zero-order valence-electron chi connectivity index (χ0n) is 9.43. The largest absolute Gasteiger partial charge is 0.481 e. The summed E-state index contributed by atoms with van der Waals surface area (Å²) in [4.78, 5) is 27.5. The quantitative estimate of drug-likeness (QED) is 0.827. The maximum atomic E-state index is 11.8. The second kappa shape index (κ2) is 4.34. The molecular weight excluding hydrogens is 212 g/mol. The molecule has 1 N–H and O–H groups in total. The van der Waals surface area contributed by atoms with Crippen LogP contribution in [-0.2, 0) is 4.79 Å². The van der Waals surface area contributed by atoms with Crippen LogP contribution in [0.2, 0.25) is 0 Å². The van der Waals surface area contributed by atoms with Gasteiger partial charge in [0, 0.05) is 12.6 Å². The lowest BCUT2D eigenvalue weighted by Crippen LogP contribution is -2.46. The van der Waals surface area contributed by atoms with Gasteiger partial charge in [-0.3, -0.25) is 9.59 Å². The summed E-state index contributed by atoms with van der Waals surface area (Å²) >= 11 is 0. The molecule has 0 unspecified atom stereocenters. The van der Waals surface area contributed by atoms with E-state index >= 15 is 0 Å². The van der Waals surface area contributed by atoms with Crippen molar-refractivity contribution in [2.24, 2.45) is 0 Å². The first kappa shape index (κ1) is 12.2. The molecule has 1 aromatic rings. The van der Waals surface area contributed by atoms with E-state index in [1.54, 1.807) is 13.8 Å². The summed E-state index contributed by atoms with van der Waals surface area (Å²) in [5.74, 6) is -1.44. The van der Waals surface area contributed by atoms with E-state index in [2.05, 4.69) is 4.98 Å². The minimum absolute atomic E-state index is 0.0408. The summed E-state index contributed by atoms with van der Waals surface area (Å²) in [6.07, 6.45) is 2.52. The number of carbonyl (C=O) groups excluding carboxylic acids is 1. The highest BCUT2D eigenvalue weighted by Crippen LogP contribution is 2.19. The number of hydrogen-bond acceptors (Lipinski definition) is 4. The Morgan fingerprint density at radius 2 is 2.19 bits per heavy atom. The molecule has 88 valence electrons. The number of nitrogens with zero attached hydrogens (tertiary/aromatic N) is 2. The molecule has 0 spiro atoms. The predicted octanol–water partition coefficient (Wildman–Crippen LogP) is 1.000. The first-order chi connectivity index (χ1) is 7.34. The molecule has 0 bridgehead atoms. The van der Waals surface area contributed by atoms with Crippen LogP contribution >= 0.6 is 0 Å². The van der Waals surface area contributed by atoms with Crippen LogP contribution in [0.4, 0.5) is 0 Å². The third-order valence-corrected chi connectivity index (χ3v) is 2.41. The highest BCUT2D eigenvalue weighted by Gasteiger charge is 2.32. The van der Waals surface area contributed by atoms with Crippen LogP contribution in [0.5, 0.6) is 0 Å². The van der Waals surface area contributed by atoms with Crippen molar-refractivity contribution in [2.45, 2.75) is 25.8 Å². The summed E-state index contributed by atoms with van der Waals surface area (Å²) in [6.45, 7) is 3.34. The molecule has 0 saturated heterocycles. The van der Waals surface area contributed by atoms with E-state index in [1.165, 1.54) is 24.4 Å². The molecule has 6 heteroatoms. The minimum Gasteiger partial charge on any atom is -0.481 e. The molecule has 0 aliphatic rings. The molecule has 0 saturated carbocycles. The van der Waals surface area contributed by atoms with Crippen LogP contribution < -0.4 is 0 Å². The SMILES string of the molecule is CN(C(=O)c1ncco1)C(C)(C)CC(=O)O. The molecule has 16 heavy (non-hydrogen) atoms.